The summed E-state index contributed by atoms with van der Waals surface area (Å²) in [6.45, 7) is 15.7. The molecule has 0 aromatic heterocycles. The van der Waals surface area contributed by atoms with Gasteiger partial charge < -0.3 is 10.2 Å². The average Bonchev–Trinajstić information content (AvgIpc) is 2.01. The summed E-state index contributed by atoms with van der Waals surface area (Å²) in [5.74, 6) is 0.704. The van der Waals surface area contributed by atoms with E-state index in [1.165, 1.54) is 0 Å². The van der Waals surface area contributed by atoms with Crippen LogP contribution in [0.1, 0.15) is 41.5 Å². The van der Waals surface area contributed by atoms with Crippen molar-refractivity contribution in [2.24, 2.45) is 5.92 Å². The van der Waals surface area contributed by atoms with Gasteiger partial charge in [0.05, 0.1) is 0 Å². The molecule has 0 rings (SSSR count). The van der Waals surface area contributed by atoms with Crippen molar-refractivity contribution in [3.05, 3.63) is 0 Å². The van der Waals surface area contributed by atoms with Crippen molar-refractivity contribution in [2.45, 2.75) is 53.1 Å². The molecule has 2 nitrogen and oxygen atoms in total. The predicted molar refractivity (Wildman–Crippen MR) is 64.7 cm³/mol. The highest BCUT2D eigenvalue weighted by atomic mass is 15.2. The van der Waals surface area contributed by atoms with Gasteiger partial charge in [-0.25, -0.2) is 0 Å². The summed E-state index contributed by atoms with van der Waals surface area (Å²) >= 11 is 0. The molecular formula is C12H28N2. The Morgan fingerprint density at radius 1 is 1.21 bits per heavy atom. The van der Waals surface area contributed by atoms with E-state index in [9.17, 15) is 0 Å². The lowest BCUT2D eigenvalue weighted by Crippen LogP contribution is -2.48. The molecule has 0 radical (unpaired) electrons. The number of rotatable bonds is 5. The van der Waals surface area contributed by atoms with E-state index < -0.39 is 0 Å². The second-order valence-corrected chi connectivity index (χ2v) is 5.52. The summed E-state index contributed by atoms with van der Waals surface area (Å²) in [5.41, 5.74) is 0.224. The van der Waals surface area contributed by atoms with Crippen molar-refractivity contribution in [3.8, 4) is 0 Å². The van der Waals surface area contributed by atoms with Gasteiger partial charge in [-0.15, -0.1) is 0 Å². The zero-order valence-electron chi connectivity index (χ0n) is 11.0. The van der Waals surface area contributed by atoms with Crippen LogP contribution in [0.5, 0.6) is 0 Å². The van der Waals surface area contributed by atoms with Crippen molar-refractivity contribution in [1.29, 1.82) is 0 Å². The van der Waals surface area contributed by atoms with Crippen LogP contribution >= 0.6 is 0 Å². The van der Waals surface area contributed by atoms with Crippen LogP contribution in [0, 0.1) is 5.92 Å². The first-order valence-electron chi connectivity index (χ1n) is 5.73. The van der Waals surface area contributed by atoms with Gasteiger partial charge in [-0.2, -0.15) is 0 Å². The van der Waals surface area contributed by atoms with Gasteiger partial charge in [0.15, 0.2) is 0 Å². The first-order valence-corrected chi connectivity index (χ1v) is 5.73. The van der Waals surface area contributed by atoms with Gasteiger partial charge in [-0.1, -0.05) is 20.8 Å². The Labute approximate surface area is 90.1 Å². The molecule has 0 aromatic carbocycles. The smallest absolute Gasteiger partial charge is 0.0240 e. The standard InChI is InChI=1S/C12H28N2/c1-8-14(7)11(10(2)3)9-13-12(4,5)6/h10-11,13H,8-9H2,1-7H3. The number of nitrogens with one attached hydrogen (secondary N) is 1. The lowest BCUT2D eigenvalue weighted by Gasteiger charge is -2.33. The first-order chi connectivity index (χ1) is 6.28. The van der Waals surface area contributed by atoms with Gasteiger partial charge in [-0.3, -0.25) is 0 Å². The SMILES string of the molecule is CCN(C)C(CNC(C)(C)C)C(C)C. The molecule has 0 heterocycles. The van der Waals surface area contributed by atoms with Crippen LogP contribution in [0.15, 0.2) is 0 Å². The number of hydrogen-bond donors (Lipinski definition) is 1. The number of hydrogen-bond acceptors (Lipinski definition) is 2. The molecule has 0 fully saturated rings. The van der Waals surface area contributed by atoms with Crippen LogP contribution in [-0.2, 0) is 0 Å². The molecule has 0 amide bonds. The van der Waals surface area contributed by atoms with Gasteiger partial charge in [0.1, 0.15) is 0 Å². The van der Waals surface area contributed by atoms with Gasteiger partial charge in [-0.05, 0) is 40.3 Å². The summed E-state index contributed by atoms with van der Waals surface area (Å²) in [5, 5.41) is 3.58. The molecule has 0 aliphatic carbocycles. The minimum absolute atomic E-state index is 0.224. The van der Waals surface area contributed by atoms with Crippen LogP contribution in [-0.4, -0.2) is 36.6 Å². The van der Waals surface area contributed by atoms with E-state index in [0.717, 1.165) is 13.1 Å². The molecule has 0 aliphatic heterocycles. The van der Waals surface area contributed by atoms with Crippen LogP contribution in [0.25, 0.3) is 0 Å². The normalized spacial score (nSPS) is 15.2. The summed E-state index contributed by atoms with van der Waals surface area (Å²) in [6, 6.07) is 0.638. The van der Waals surface area contributed by atoms with Gasteiger partial charge >= 0.3 is 0 Å². The lowest BCUT2D eigenvalue weighted by atomic mass is 10.0. The van der Waals surface area contributed by atoms with Gasteiger partial charge in [0.2, 0.25) is 0 Å². The quantitative estimate of drug-likeness (QED) is 0.733. The van der Waals surface area contributed by atoms with E-state index in [0.29, 0.717) is 12.0 Å². The van der Waals surface area contributed by atoms with E-state index in [1.807, 2.05) is 0 Å². The maximum absolute atomic E-state index is 3.58. The molecule has 0 saturated carbocycles. The zero-order chi connectivity index (χ0) is 11.4. The highest BCUT2D eigenvalue weighted by Crippen LogP contribution is 2.09. The first kappa shape index (κ1) is 13.9. The minimum atomic E-state index is 0.224. The average molecular weight is 200 g/mol. The highest BCUT2D eigenvalue weighted by Gasteiger charge is 2.19. The fourth-order valence-electron chi connectivity index (χ4n) is 1.55. The van der Waals surface area contributed by atoms with E-state index in [4.69, 9.17) is 0 Å². The largest absolute Gasteiger partial charge is 0.311 e. The Bertz CT molecular complexity index is 147. The molecule has 0 aliphatic rings. The molecule has 14 heavy (non-hydrogen) atoms. The Hall–Kier alpha value is -0.0800. The molecule has 2 heteroatoms. The third-order valence-electron chi connectivity index (χ3n) is 2.68. The molecular weight excluding hydrogens is 172 g/mol. The van der Waals surface area contributed by atoms with Crippen molar-refractivity contribution in [2.75, 3.05) is 20.1 Å². The predicted octanol–water partition coefficient (Wildman–Crippen LogP) is 2.35. The van der Waals surface area contributed by atoms with Crippen LogP contribution < -0.4 is 5.32 Å². The van der Waals surface area contributed by atoms with E-state index in [1.54, 1.807) is 0 Å². The zero-order valence-corrected chi connectivity index (χ0v) is 11.0. The second-order valence-electron chi connectivity index (χ2n) is 5.52. The van der Waals surface area contributed by atoms with Crippen LogP contribution in [0.2, 0.25) is 0 Å². The topological polar surface area (TPSA) is 15.3 Å². The number of likely N-dealkylation sites (N-methyl/N-ethyl adjacent to an activating group) is 1. The molecule has 1 atom stereocenters. The summed E-state index contributed by atoms with van der Waals surface area (Å²) in [7, 11) is 2.20. The Balaban J connectivity index is 4.11. The van der Waals surface area contributed by atoms with Crippen LogP contribution in [0.4, 0.5) is 0 Å². The number of nitrogens with zero attached hydrogens (tertiary/aromatic N) is 1. The third-order valence-corrected chi connectivity index (χ3v) is 2.68. The summed E-state index contributed by atoms with van der Waals surface area (Å²) in [6.07, 6.45) is 0. The second kappa shape index (κ2) is 5.72. The molecule has 0 aromatic rings. The summed E-state index contributed by atoms with van der Waals surface area (Å²) < 4.78 is 0. The fraction of sp³-hybridized carbons (Fsp3) is 1.00. The van der Waals surface area contributed by atoms with E-state index in [-0.39, 0.29) is 5.54 Å². The fourth-order valence-corrected chi connectivity index (χ4v) is 1.55. The van der Waals surface area contributed by atoms with Crippen LogP contribution in [0.3, 0.4) is 0 Å². The highest BCUT2D eigenvalue weighted by molar-refractivity contribution is 4.79. The third kappa shape index (κ3) is 5.61. The van der Waals surface area contributed by atoms with Crippen molar-refractivity contribution in [3.63, 3.8) is 0 Å². The van der Waals surface area contributed by atoms with E-state index >= 15 is 0 Å². The summed E-state index contributed by atoms with van der Waals surface area (Å²) in [4.78, 5) is 2.42. The molecule has 0 saturated heterocycles. The Kier molecular flexibility index (Phi) is 5.68. The molecule has 1 N–H and O–H groups in total. The molecule has 0 bridgehead atoms. The van der Waals surface area contributed by atoms with Crippen molar-refractivity contribution >= 4 is 0 Å². The molecule has 86 valence electrons. The van der Waals surface area contributed by atoms with Crippen molar-refractivity contribution in [1.82, 2.24) is 10.2 Å². The maximum atomic E-state index is 3.58. The van der Waals surface area contributed by atoms with Crippen molar-refractivity contribution < 1.29 is 0 Å². The maximum Gasteiger partial charge on any atom is 0.0240 e. The van der Waals surface area contributed by atoms with Gasteiger partial charge in [0, 0.05) is 18.1 Å². The van der Waals surface area contributed by atoms with Gasteiger partial charge in [0.25, 0.3) is 0 Å². The minimum Gasteiger partial charge on any atom is -0.311 e. The molecule has 1 unspecified atom stereocenters. The molecule has 0 spiro atoms. The monoisotopic (exact) mass is 200 g/mol. The van der Waals surface area contributed by atoms with E-state index in [2.05, 4.69) is 58.8 Å². The lowest BCUT2D eigenvalue weighted by molar-refractivity contribution is 0.184. The Morgan fingerprint density at radius 3 is 2.00 bits per heavy atom. The Morgan fingerprint density at radius 2 is 1.71 bits per heavy atom.